The molecule has 6 heteroatoms. The van der Waals surface area contributed by atoms with E-state index in [2.05, 4.69) is 4.90 Å². The molecule has 2 heterocycles. The summed E-state index contributed by atoms with van der Waals surface area (Å²) in [5, 5.41) is -0.300. The molecule has 2 aliphatic heterocycles. The van der Waals surface area contributed by atoms with Crippen LogP contribution in [0.15, 0.2) is 18.2 Å². The van der Waals surface area contributed by atoms with Gasteiger partial charge < -0.3 is 9.47 Å². The second-order valence-electron chi connectivity index (χ2n) is 6.58. The molecule has 2 fully saturated rings. The topological polar surface area (TPSA) is 55.8 Å². The molecule has 24 heavy (non-hydrogen) atoms. The van der Waals surface area contributed by atoms with Gasteiger partial charge in [0.1, 0.15) is 0 Å². The van der Waals surface area contributed by atoms with E-state index in [9.17, 15) is 8.42 Å². The lowest BCUT2D eigenvalue weighted by atomic mass is 10.1. The molecular weight excluding hydrogens is 326 g/mol. The zero-order valence-corrected chi connectivity index (χ0v) is 15.3. The van der Waals surface area contributed by atoms with Crippen LogP contribution in [-0.4, -0.2) is 50.1 Å². The highest BCUT2D eigenvalue weighted by molar-refractivity contribution is 7.93. The monoisotopic (exact) mass is 353 g/mol. The SMILES string of the molecule is CCOc1ccc(CN2CCC3CCC(C2)S3(=O)=O)cc1OCC. The number of benzene rings is 1. The van der Waals surface area contributed by atoms with E-state index in [0.717, 1.165) is 49.4 Å². The Bertz CT molecular complexity index is 674. The normalized spacial score (nSPS) is 26.1. The maximum atomic E-state index is 12.4. The molecule has 2 saturated heterocycles. The fraction of sp³-hybridized carbons (Fsp3) is 0.667. The summed E-state index contributed by atoms with van der Waals surface area (Å²) in [5.41, 5.74) is 1.14. The van der Waals surface area contributed by atoms with Crippen molar-refractivity contribution >= 4 is 9.84 Å². The number of ether oxygens (including phenoxy) is 2. The predicted molar refractivity (Wildman–Crippen MR) is 94.4 cm³/mol. The van der Waals surface area contributed by atoms with Crippen LogP contribution in [0.5, 0.6) is 11.5 Å². The van der Waals surface area contributed by atoms with Crippen LogP contribution in [0.2, 0.25) is 0 Å². The molecular formula is C18H27NO4S. The van der Waals surface area contributed by atoms with Gasteiger partial charge in [0.15, 0.2) is 21.3 Å². The zero-order valence-electron chi connectivity index (χ0n) is 14.5. The standard InChI is InChI=1S/C18H27NO4S/c1-3-22-17-8-5-14(11-18(17)23-4-2)12-19-10-9-15-6-7-16(13-19)24(15,20)21/h5,8,11,15-16H,3-4,6-7,9-10,12-13H2,1-2H3. The third-order valence-corrected chi connectivity index (χ3v) is 7.70. The van der Waals surface area contributed by atoms with Gasteiger partial charge in [-0.05, 0) is 57.4 Å². The molecule has 2 atom stereocenters. The summed E-state index contributed by atoms with van der Waals surface area (Å²) >= 11 is 0. The van der Waals surface area contributed by atoms with Gasteiger partial charge in [-0.25, -0.2) is 8.42 Å². The highest BCUT2D eigenvalue weighted by Crippen LogP contribution is 2.34. The van der Waals surface area contributed by atoms with E-state index in [0.29, 0.717) is 19.8 Å². The number of fused-ring (bicyclic) bond motifs is 2. The summed E-state index contributed by atoms with van der Waals surface area (Å²) in [6.45, 7) is 7.36. The summed E-state index contributed by atoms with van der Waals surface area (Å²) in [7, 11) is -2.91. The second-order valence-corrected chi connectivity index (χ2v) is 9.09. The Morgan fingerprint density at radius 3 is 2.50 bits per heavy atom. The maximum absolute atomic E-state index is 12.4. The smallest absolute Gasteiger partial charge is 0.161 e. The molecule has 0 amide bonds. The molecule has 0 N–H and O–H groups in total. The molecule has 3 rings (SSSR count). The van der Waals surface area contributed by atoms with Crippen LogP contribution in [0.25, 0.3) is 0 Å². The predicted octanol–water partition coefficient (Wildman–Crippen LogP) is 2.64. The quantitative estimate of drug-likeness (QED) is 0.787. The Morgan fingerprint density at radius 1 is 1.04 bits per heavy atom. The lowest BCUT2D eigenvalue weighted by molar-refractivity contribution is 0.253. The van der Waals surface area contributed by atoms with E-state index in [1.165, 1.54) is 0 Å². The van der Waals surface area contributed by atoms with Crippen LogP contribution in [0.4, 0.5) is 0 Å². The Morgan fingerprint density at radius 2 is 1.75 bits per heavy atom. The van der Waals surface area contributed by atoms with Crippen LogP contribution in [0.3, 0.4) is 0 Å². The molecule has 2 bridgehead atoms. The number of likely N-dealkylation sites (tertiary alicyclic amines) is 1. The molecule has 0 aromatic heterocycles. The fourth-order valence-electron chi connectivity index (χ4n) is 3.78. The first-order chi connectivity index (χ1) is 11.5. The van der Waals surface area contributed by atoms with Crippen molar-refractivity contribution in [3.8, 4) is 11.5 Å². The molecule has 134 valence electrons. The Balaban J connectivity index is 1.73. The minimum absolute atomic E-state index is 0.119. The molecule has 5 nitrogen and oxygen atoms in total. The largest absolute Gasteiger partial charge is 0.490 e. The molecule has 2 aliphatic rings. The van der Waals surface area contributed by atoms with Crippen molar-refractivity contribution in [2.75, 3.05) is 26.3 Å². The number of hydrogen-bond donors (Lipinski definition) is 0. The lowest BCUT2D eigenvalue weighted by Crippen LogP contribution is -2.32. The van der Waals surface area contributed by atoms with E-state index < -0.39 is 9.84 Å². The average molecular weight is 353 g/mol. The Kier molecular flexibility index (Phi) is 5.35. The maximum Gasteiger partial charge on any atom is 0.161 e. The van der Waals surface area contributed by atoms with Crippen LogP contribution in [0, 0.1) is 0 Å². The van der Waals surface area contributed by atoms with E-state index in [1.54, 1.807) is 0 Å². The van der Waals surface area contributed by atoms with Gasteiger partial charge >= 0.3 is 0 Å². The van der Waals surface area contributed by atoms with Gasteiger partial charge in [-0.15, -0.1) is 0 Å². The molecule has 0 aliphatic carbocycles. The van der Waals surface area contributed by atoms with Crippen molar-refractivity contribution < 1.29 is 17.9 Å². The van der Waals surface area contributed by atoms with Gasteiger partial charge in [0.05, 0.1) is 23.7 Å². The molecule has 2 unspecified atom stereocenters. The van der Waals surface area contributed by atoms with E-state index in [1.807, 2.05) is 32.0 Å². The van der Waals surface area contributed by atoms with E-state index >= 15 is 0 Å². The Hall–Kier alpha value is -1.27. The minimum Gasteiger partial charge on any atom is -0.490 e. The fourth-order valence-corrected chi connectivity index (χ4v) is 6.10. The summed E-state index contributed by atoms with van der Waals surface area (Å²) in [6, 6.07) is 6.02. The van der Waals surface area contributed by atoms with Gasteiger partial charge in [-0.2, -0.15) is 0 Å². The number of sulfone groups is 1. The number of rotatable bonds is 6. The summed E-state index contributed by atoms with van der Waals surface area (Å²) < 4.78 is 36.1. The Labute approximate surface area is 144 Å². The lowest BCUT2D eigenvalue weighted by Gasteiger charge is -2.24. The van der Waals surface area contributed by atoms with Crippen molar-refractivity contribution in [2.24, 2.45) is 0 Å². The first-order valence-electron chi connectivity index (χ1n) is 8.88. The number of hydrogen-bond acceptors (Lipinski definition) is 5. The zero-order chi connectivity index (χ0) is 17.2. The molecule has 0 saturated carbocycles. The van der Waals surface area contributed by atoms with Gasteiger partial charge in [-0.1, -0.05) is 6.07 Å². The summed E-state index contributed by atoms with van der Waals surface area (Å²) in [6.07, 6.45) is 2.42. The van der Waals surface area contributed by atoms with Crippen molar-refractivity contribution in [1.82, 2.24) is 4.90 Å². The highest BCUT2D eigenvalue weighted by Gasteiger charge is 2.43. The minimum atomic E-state index is -2.91. The van der Waals surface area contributed by atoms with Crippen LogP contribution >= 0.6 is 0 Å². The molecule has 0 spiro atoms. The van der Waals surface area contributed by atoms with Gasteiger partial charge in [0, 0.05) is 13.1 Å². The van der Waals surface area contributed by atoms with Crippen molar-refractivity contribution in [3.63, 3.8) is 0 Å². The van der Waals surface area contributed by atoms with Crippen LogP contribution in [-0.2, 0) is 16.4 Å². The second kappa shape index (κ2) is 7.31. The van der Waals surface area contributed by atoms with E-state index in [4.69, 9.17) is 9.47 Å². The van der Waals surface area contributed by atoms with Crippen LogP contribution in [0.1, 0.15) is 38.7 Å². The van der Waals surface area contributed by atoms with Gasteiger partial charge in [0.25, 0.3) is 0 Å². The van der Waals surface area contributed by atoms with Gasteiger partial charge in [0.2, 0.25) is 0 Å². The molecule has 1 aromatic carbocycles. The van der Waals surface area contributed by atoms with Crippen molar-refractivity contribution in [2.45, 2.75) is 50.2 Å². The van der Waals surface area contributed by atoms with Crippen molar-refractivity contribution in [3.05, 3.63) is 23.8 Å². The third-order valence-electron chi connectivity index (χ3n) is 4.98. The average Bonchev–Trinajstić information content (AvgIpc) is 2.73. The summed E-state index contributed by atoms with van der Waals surface area (Å²) in [5.74, 6) is 1.53. The summed E-state index contributed by atoms with van der Waals surface area (Å²) in [4.78, 5) is 2.27. The van der Waals surface area contributed by atoms with E-state index in [-0.39, 0.29) is 10.5 Å². The first kappa shape index (κ1) is 17.5. The van der Waals surface area contributed by atoms with Gasteiger partial charge in [-0.3, -0.25) is 4.90 Å². The van der Waals surface area contributed by atoms with Crippen LogP contribution < -0.4 is 9.47 Å². The number of nitrogens with zero attached hydrogens (tertiary/aromatic N) is 1. The third kappa shape index (κ3) is 3.54. The molecule has 0 radical (unpaired) electrons. The van der Waals surface area contributed by atoms with Crippen molar-refractivity contribution in [1.29, 1.82) is 0 Å². The highest BCUT2D eigenvalue weighted by atomic mass is 32.2. The first-order valence-corrected chi connectivity index (χ1v) is 10.5. The molecule has 1 aromatic rings.